The largest absolute Gasteiger partial charge is 0.466 e. The summed E-state index contributed by atoms with van der Waals surface area (Å²) in [5.74, 6) is 0.774. The van der Waals surface area contributed by atoms with Gasteiger partial charge < -0.3 is 10.1 Å². The van der Waals surface area contributed by atoms with Gasteiger partial charge in [-0.05, 0) is 12.3 Å². The topological polar surface area (TPSA) is 38.3 Å². The van der Waals surface area contributed by atoms with Crippen LogP contribution in [-0.2, 0) is 9.53 Å². The average Bonchev–Trinajstić information content (AvgIpc) is 2.87. The highest BCUT2D eigenvalue weighted by atomic mass is 16.5. The lowest BCUT2D eigenvalue weighted by atomic mass is 10.3. The van der Waals surface area contributed by atoms with E-state index in [0.717, 1.165) is 18.9 Å². The van der Waals surface area contributed by atoms with E-state index < -0.39 is 0 Å². The lowest BCUT2D eigenvalue weighted by Gasteiger charge is -2.07. The smallest absolute Gasteiger partial charge is 0.307 e. The van der Waals surface area contributed by atoms with Crippen LogP contribution in [-0.4, -0.2) is 25.2 Å². The molecule has 1 rings (SSSR count). The van der Waals surface area contributed by atoms with Crippen molar-refractivity contribution >= 4 is 5.97 Å². The van der Waals surface area contributed by atoms with E-state index in [0.29, 0.717) is 19.1 Å². The third-order valence-electron chi connectivity index (χ3n) is 2.37. The van der Waals surface area contributed by atoms with Gasteiger partial charge in [-0.25, -0.2) is 0 Å². The normalized spacial score (nSPS) is 15.9. The number of carbonyl (C=O) groups excluding carboxylic acids is 1. The van der Waals surface area contributed by atoms with Crippen LogP contribution in [0.25, 0.3) is 0 Å². The number of ether oxygens (including phenoxy) is 1. The molecule has 1 fully saturated rings. The zero-order chi connectivity index (χ0) is 10.4. The SMILES string of the molecule is CC(C)NCCC(=O)OCCC1CC1. The molecule has 0 saturated heterocycles. The number of nitrogens with one attached hydrogen (secondary N) is 1. The van der Waals surface area contributed by atoms with Crippen LogP contribution in [0.15, 0.2) is 0 Å². The van der Waals surface area contributed by atoms with E-state index >= 15 is 0 Å². The second kappa shape index (κ2) is 6.02. The molecule has 1 aliphatic rings. The lowest BCUT2D eigenvalue weighted by molar-refractivity contribution is -0.143. The predicted octanol–water partition coefficient (Wildman–Crippen LogP) is 1.72. The second-order valence-corrected chi connectivity index (χ2v) is 4.31. The summed E-state index contributed by atoms with van der Waals surface area (Å²) in [6, 6.07) is 0.439. The van der Waals surface area contributed by atoms with Crippen LogP contribution < -0.4 is 5.32 Å². The lowest BCUT2D eigenvalue weighted by Crippen LogP contribution is -2.26. The Balaban J connectivity index is 1.87. The Kier molecular flexibility index (Phi) is 4.94. The predicted molar refractivity (Wildman–Crippen MR) is 56.1 cm³/mol. The fraction of sp³-hybridized carbons (Fsp3) is 0.909. The molecule has 1 aliphatic carbocycles. The molecule has 0 bridgehead atoms. The number of hydrogen-bond acceptors (Lipinski definition) is 3. The Morgan fingerprint density at radius 2 is 2.21 bits per heavy atom. The van der Waals surface area contributed by atoms with Crippen LogP contribution in [0, 0.1) is 5.92 Å². The maximum absolute atomic E-state index is 11.2. The third kappa shape index (κ3) is 5.97. The Hall–Kier alpha value is -0.570. The fourth-order valence-electron chi connectivity index (χ4n) is 1.28. The molecule has 0 heterocycles. The van der Waals surface area contributed by atoms with E-state index in [4.69, 9.17) is 4.74 Å². The van der Waals surface area contributed by atoms with Crippen molar-refractivity contribution in [1.82, 2.24) is 5.32 Å². The summed E-state index contributed by atoms with van der Waals surface area (Å²) in [5.41, 5.74) is 0. The van der Waals surface area contributed by atoms with Gasteiger partial charge in [-0.1, -0.05) is 26.7 Å². The quantitative estimate of drug-likeness (QED) is 0.634. The molecule has 3 heteroatoms. The molecule has 0 aromatic rings. The van der Waals surface area contributed by atoms with E-state index in [2.05, 4.69) is 19.2 Å². The summed E-state index contributed by atoms with van der Waals surface area (Å²) < 4.78 is 5.10. The van der Waals surface area contributed by atoms with Crippen molar-refractivity contribution in [1.29, 1.82) is 0 Å². The van der Waals surface area contributed by atoms with Crippen LogP contribution in [0.2, 0.25) is 0 Å². The Morgan fingerprint density at radius 3 is 2.79 bits per heavy atom. The van der Waals surface area contributed by atoms with Crippen LogP contribution in [0.5, 0.6) is 0 Å². The van der Waals surface area contributed by atoms with Crippen molar-refractivity contribution in [2.75, 3.05) is 13.2 Å². The van der Waals surface area contributed by atoms with Crippen LogP contribution in [0.4, 0.5) is 0 Å². The average molecular weight is 199 g/mol. The fourth-order valence-corrected chi connectivity index (χ4v) is 1.28. The highest BCUT2D eigenvalue weighted by molar-refractivity contribution is 5.69. The first-order valence-corrected chi connectivity index (χ1v) is 5.57. The molecule has 0 aliphatic heterocycles. The zero-order valence-corrected chi connectivity index (χ0v) is 9.21. The van der Waals surface area contributed by atoms with Crippen molar-refractivity contribution < 1.29 is 9.53 Å². The van der Waals surface area contributed by atoms with Gasteiger partial charge in [0, 0.05) is 12.6 Å². The van der Waals surface area contributed by atoms with Crippen LogP contribution in [0.3, 0.4) is 0 Å². The number of rotatable bonds is 7. The van der Waals surface area contributed by atoms with Crippen molar-refractivity contribution in [3.8, 4) is 0 Å². The Bertz CT molecular complexity index is 166. The standard InChI is InChI=1S/C11H21NO2/c1-9(2)12-7-5-11(13)14-8-6-10-3-4-10/h9-10,12H,3-8H2,1-2H3. The van der Waals surface area contributed by atoms with Gasteiger partial charge in [0.1, 0.15) is 0 Å². The molecule has 0 aromatic carbocycles. The van der Waals surface area contributed by atoms with E-state index in [1.165, 1.54) is 12.8 Å². The summed E-state index contributed by atoms with van der Waals surface area (Å²) in [6.07, 6.45) is 4.20. The molecule has 0 atom stereocenters. The molecular formula is C11H21NO2. The molecule has 3 nitrogen and oxygen atoms in total. The molecule has 0 unspecified atom stereocenters. The van der Waals surface area contributed by atoms with Crippen LogP contribution >= 0.6 is 0 Å². The van der Waals surface area contributed by atoms with Gasteiger partial charge in [0.15, 0.2) is 0 Å². The van der Waals surface area contributed by atoms with Gasteiger partial charge in [0.05, 0.1) is 13.0 Å². The highest BCUT2D eigenvalue weighted by Gasteiger charge is 2.21. The van der Waals surface area contributed by atoms with Crippen molar-refractivity contribution in [3.05, 3.63) is 0 Å². The number of esters is 1. The van der Waals surface area contributed by atoms with E-state index in [-0.39, 0.29) is 5.97 Å². The third-order valence-corrected chi connectivity index (χ3v) is 2.37. The van der Waals surface area contributed by atoms with Crippen molar-refractivity contribution in [2.45, 2.75) is 45.6 Å². The molecule has 82 valence electrons. The first kappa shape index (κ1) is 11.5. The molecule has 0 aromatic heterocycles. The molecule has 1 saturated carbocycles. The van der Waals surface area contributed by atoms with Gasteiger partial charge in [-0.3, -0.25) is 4.79 Å². The molecule has 1 N–H and O–H groups in total. The van der Waals surface area contributed by atoms with E-state index in [9.17, 15) is 4.79 Å². The molecule has 0 radical (unpaired) electrons. The molecule has 0 amide bonds. The highest BCUT2D eigenvalue weighted by Crippen LogP contribution is 2.32. The Morgan fingerprint density at radius 1 is 1.50 bits per heavy atom. The first-order valence-electron chi connectivity index (χ1n) is 5.57. The van der Waals surface area contributed by atoms with Crippen LogP contribution in [0.1, 0.15) is 39.5 Å². The number of hydrogen-bond donors (Lipinski definition) is 1. The van der Waals surface area contributed by atoms with Crippen molar-refractivity contribution in [2.24, 2.45) is 5.92 Å². The maximum atomic E-state index is 11.2. The molecule has 14 heavy (non-hydrogen) atoms. The van der Waals surface area contributed by atoms with E-state index in [1.807, 2.05) is 0 Å². The summed E-state index contributed by atoms with van der Waals surface area (Å²) in [4.78, 5) is 11.2. The van der Waals surface area contributed by atoms with Gasteiger partial charge in [0.2, 0.25) is 0 Å². The number of carbonyl (C=O) groups is 1. The summed E-state index contributed by atoms with van der Waals surface area (Å²) in [7, 11) is 0. The van der Waals surface area contributed by atoms with Gasteiger partial charge in [-0.15, -0.1) is 0 Å². The molecule has 0 spiro atoms. The van der Waals surface area contributed by atoms with Gasteiger partial charge in [0.25, 0.3) is 0 Å². The molecular weight excluding hydrogens is 178 g/mol. The first-order chi connectivity index (χ1) is 6.68. The van der Waals surface area contributed by atoms with Crippen molar-refractivity contribution in [3.63, 3.8) is 0 Å². The summed E-state index contributed by atoms with van der Waals surface area (Å²) >= 11 is 0. The minimum Gasteiger partial charge on any atom is -0.466 e. The summed E-state index contributed by atoms with van der Waals surface area (Å²) in [6.45, 7) is 5.47. The minimum absolute atomic E-state index is 0.0706. The second-order valence-electron chi connectivity index (χ2n) is 4.31. The Labute approximate surface area is 86.2 Å². The van der Waals surface area contributed by atoms with Gasteiger partial charge in [-0.2, -0.15) is 0 Å². The zero-order valence-electron chi connectivity index (χ0n) is 9.21. The van der Waals surface area contributed by atoms with Gasteiger partial charge >= 0.3 is 5.97 Å². The van der Waals surface area contributed by atoms with E-state index in [1.54, 1.807) is 0 Å². The summed E-state index contributed by atoms with van der Waals surface area (Å²) in [5, 5.41) is 3.19. The monoisotopic (exact) mass is 199 g/mol. The minimum atomic E-state index is -0.0706. The maximum Gasteiger partial charge on any atom is 0.307 e.